The predicted octanol–water partition coefficient (Wildman–Crippen LogP) is 2.77. The van der Waals surface area contributed by atoms with Gasteiger partial charge in [-0.05, 0) is 22.0 Å². The normalized spacial score (nSPS) is 13.0. The average Bonchev–Trinajstić information content (AvgIpc) is 2.75. The van der Waals surface area contributed by atoms with E-state index in [-0.39, 0.29) is 0 Å². The summed E-state index contributed by atoms with van der Waals surface area (Å²) in [7, 11) is 0. The van der Waals surface area contributed by atoms with Gasteiger partial charge in [-0.25, -0.2) is 0 Å². The molecule has 1 N–H and O–H groups in total. The molecular formula is C9H8BrNO2S. The molecule has 3 nitrogen and oxygen atoms in total. The summed E-state index contributed by atoms with van der Waals surface area (Å²) in [5, 5.41) is 9.85. The lowest BCUT2D eigenvalue weighted by Crippen LogP contribution is -1.99. The molecule has 2 aromatic rings. The Bertz CT molecular complexity index is 399. The first-order valence-electron chi connectivity index (χ1n) is 4.05. The van der Waals surface area contributed by atoms with E-state index >= 15 is 0 Å². The Balaban J connectivity index is 2.10. The van der Waals surface area contributed by atoms with E-state index in [1.54, 1.807) is 24.0 Å². The third-order valence-electron chi connectivity index (χ3n) is 1.88. The summed E-state index contributed by atoms with van der Waals surface area (Å²) in [6.07, 6.45) is 3.35. The monoisotopic (exact) mass is 273 g/mol. The highest BCUT2D eigenvalue weighted by Crippen LogP contribution is 2.27. The molecule has 0 radical (unpaired) electrons. The number of thiazole rings is 1. The molecule has 0 spiro atoms. The van der Waals surface area contributed by atoms with Crippen LogP contribution < -0.4 is 0 Å². The van der Waals surface area contributed by atoms with Crippen LogP contribution in [0.1, 0.15) is 16.5 Å². The van der Waals surface area contributed by atoms with Gasteiger partial charge in [-0.1, -0.05) is 0 Å². The molecule has 0 aliphatic heterocycles. The van der Waals surface area contributed by atoms with Crippen LogP contribution in [0, 0.1) is 0 Å². The maximum Gasteiger partial charge on any atom is 0.174 e. The molecule has 2 rings (SSSR count). The Morgan fingerprint density at radius 3 is 3.07 bits per heavy atom. The summed E-state index contributed by atoms with van der Waals surface area (Å²) < 4.78 is 5.64. The average molecular weight is 274 g/mol. The van der Waals surface area contributed by atoms with E-state index in [1.807, 2.05) is 0 Å². The van der Waals surface area contributed by atoms with Crippen molar-refractivity contribution in [2.45, 2.75) is 12.5 Å². The lowest BCUT2D eigenvalue weighted by atomic mass is 10.1. The fraction of sp³-hybridized carbons (Fsp3) is 0.222. The number of nitrogens with zero attached hydrogens (tertiary/aromatic N) is 1. The minimum atomic E-state index is -0.538. The summed E-state index contributed by atoms with van der Waals surface area (Å²) in [5.74, 6) is 0. The molecule has 5 heteroatoms. The van der Waals surface area contributed by atoms with Crippen molar-refractivity contribution in [3.63, 3.8) is 0 Å². The van der Waals surface area contributed by atoms with Gasteiger partial charge < -0.3 is 9.52 Å². The van der Waals surface area contributed by atoms with Gasteiger partial charge >= 0.3 is 0 Å². The lowest BCUT2D eigenvalue weighted by Gasteiger charge is -2.06. The second kappa shape index (κ2) is 4.25. The molecule has 0 fully saturated rings. The number of halogens is 1. The molecular weight excluding hydrogens is 266 g/mol. The van der Waals surface area contributed by atoms with E-state index in [0.717, 1.165) is 10.4 Å². The minimum Gasteiger partial charge on any atom is -0.457 e. The van der Waals surface area contributed by atoms with Gasteiger partial charge in [0, 0.05) is 23.1 Å². The molecule has 74 valence electrons. The molecule has 2 aromatic heterocycles. The van der Waals surface area contributed by atoms with Crippen LogP contribution in [0.5, 0.6) is 0 Å². The van der Waals surface area contributed by atoms with Gasteiger partial charge in [-0.3, -0.25) is 4.98 Å². The molecule has 0 saturated heterocycles. The van der Waals surface area contributed by atoms with Crippen LogP contribution in [0.3, 0.4) is 0 Å². The SMILES string of the molecule is OC(Cc1cncs1)c1ccoc1Br. The summed E-state index contributed by atoms with van der Waals surface area (Å²) in [4.78, 5) is 5.01. The zero-order chi connectivity index (χ0) is 9.97. The highest BCUT2D eigenvalue weighted by molar-refractivity contribution is 9.10. The molecule has 0 bridgehead atoms. The number of aliphatic hydroxyl groups excluding tert-OH is 1. The van der Waals surface area contributed by atoms with Crippen molar-refractivity contribution < 1.29 is 9.52 Å². The first-order valence-corrected chi connectivity index (χ1v) is 5.73. The van der Waals surface area contributed by atoms with E-state index in [0.29, 0.717) is 11.1 Å². The molecule has 0 amide bonds. The van der Waals surface area contributed by atoms with Crippen molar-refractivity contribution in [2.75, 3.05) is 0 Å². The third-order valence-corrected chi connectivity index (χ3v) is 3.33. The van der Waals surface area contributed by atoms with Gasteiger partial charge in [0.25, 0.3) is 0 Å². The van der Waals surface area contributed by atoms with Crippen LogP contribution in [0.2, 0.25) is 0 Å². The lowest BCUT2D eigenvalue weighted by molar-refractivity contribution is 0.177. The van der Waals surface area contributed by atoms with Crippen molar-refractivity contribution in [1.82, 2.24) is 4.98 Å². The zero-order valence-corrected chi connectivity index (χ0v) is 9.59. The van der Waals surface area contributed by atoms with Crippen LogP contribution in [0.4, 0.5) is 0 Å². The van der Waals surface area contributed by atoms with Crippen LogP contribution >= 0.6 is 27.3 Å². The van der Waals surface area contributed by atoms with Crippen LogP contribution in [0.15, 0.2) is 33.1 Å². The van der Waals surface area contributed by atoms with E-state index in [1.165, 1.54) is 11.3 Å². The van der Waals surface area contributed by atoms with Crippen LogP contribution in [-0.2, 0) is 6.42 Å². The highest BCUT2D eigenvalue weighted by Gasteiger charge is 2.14. The van der Waals surface area contributed by atoms with Gasteiger partial charge in [0.05, 0.1) is 17.9 Å². The van der Waals surface area contributed by atoms with Crippen LogP contribution in [-0.4, -0.2) is 10.1 Å². The van der Waals surface area contributed by atoms with Crippen molar-refractivity contribution >= 4 is 27.3 Å². The maximum atomic E-state index is 9.85. The maximum absolute atomic E-state index is 9.85. The minimum absolute atomic E-state index is 0.538. The predicted molar refractivity (Wildman–Crippen MR) is 57.2 cm³/mol. The Morgan fingerprint density at radius 2 is 2.50 bits per heavy atom. The standard InChI is InChI=1S/C9H8BrNO2S/c10-9-7(1-2-13-9)8(12)3-6-4-11-5-14-6/h1-2,4-5,8,12H,3H2. The highest BCUT2D eigenvalue weighted by atomic mass is 79.9. The first kappa shape index (κ1) is 9.89. The summed E-state index contributed by atoms with van der Waals surface area (Å²) in [6, 6.07) is 1.76. The number of rotatable bonds is 3. The van der Waals surface area contributed by atoms with Crippen molar-refractivity contribution in [1.29, 1.82) is 0 Å². The molecule has 0 aromatic carbocycles. The topological polar surface area (TPSA) is 46.3 Å². The van der Waals surface area contributed by atoms with Gasteiger partial charge in [-0.2, -0.15) is 0 Å². The summed E-state index contributed by atoms with van der Waals surface area (Å²) >= 11 is 4.77. The van der Waals surface area contributed by atoms with Gasteiger partial charge in [0.2, 0.25) is 0 Å². The molecule has 2 heterocycles. The van der Waals surface area contributed by atoms with Gasteiger partial charge in [0.1, 0.15) is 0 Å². The second-order valence-electron chi connectivity index (χ2n) is 2.84. The van der Waals surface area contributed by atoms with Crippen LogP contribution in [0.25, 0.3) is 0 Å². The van der Waals surface area contributed by atoms with Crippen molar-refractivity contribution in [3.05, 3.63) is 39.1 Å². The largest absolute Gasteiger partial charge is 0.457 e. The summed E-state index contributed by atoms with van der Waals surface area (Å²) in [6.45, 7) is 0. The number of hydrogen-bond donors (Lipinski definition) is 1. The van der Waals surface area contributed by atoms with E-state index in [9.17, 15) is 5.11 Å². The molecule has 1 atom stereocenters. The van der Waals surface area contributed by atoms with Crippen molar-refractivity contribution in [3.8, 4) is 0 Å². The Morgan fingerprint density at radius 1 is 1.64 bits per heavy atom. The second-order valence-corrected chi connectivity index (χ2v) is 4.53. The van der Waals surface area contributed by atoms with E-state index in [4.69, 9.17) is 4.42 Å². The Labute approximate surface area is 93.5 Å². The number of aromatic nitrogens is 1. The van der Waals surface area contributed by atoms with E-state index in [2.05, 4.69) is 20.9 Å². The zero-order valence-electron chi connectivity index (χ0n) is 7.18. The molecule has 0 aliphatic rings. The molecule has 0 saturated carbocycles. The van der Waals surface area contributed by atoms with Gasteiger partial charge in [-0.15, -0.1) is 11.3 Å². The molecule has 1 unspecified atom stereocenters. The van der Waals surface area contributed by atoms with Crippen molar-refractivity contribution in [2.24, 2.45) is 0 Å². The third kappa shape index (κ3) is 2.05. The molecule has 0 aliphatic carbocycles. The van der Waals surface area contributed by atoms with E-state index < -0.39 is 6.10 Å². The fourth-order valence-corrected chi connectivity index (χ4v) is 2.32. The first-order chi connectivity index (χ1) is 6.77. The smallest absolute Gasteiger partial charge is 0.174 e. The van der Waals surface area contributed by atoms with Gasteiger partial charge in [0.15, 0.2) is 4.67 Å². The Hall–Kier alpha value is -0.650. The Kier molecular flexibility index (Phi) is 3.00. The number of aliphatic hydroxyl groups is 1. The quantitative estimate of drug-likeness (QED) is 0.936. The number of hydrogen-bond acceptors (Lipinski definition) is 4. The summed E-state index contributed by atoms with van der Waals surface area (Å²) in [5.41, 5.74) is 2.53. The molecule has 14 heavy (non-hydrogen) atoms. The number of furan rings is 1. The fourth-order valence-electron chi connectivity index (χ4n) is 1.19.